The second-order valence-electron chi connectivity index (χ2n) is 5.85. The summed E-state index contributed by atoms with van der Waals surface area (Å²) in [4.78, 5) is 25.5. The van der Waals surface area contributed by atoms with Crippen LogP contribution in [0.25, 0.3) is 0 Å². The van der Waals surface area contributed by atoms with Gasteiger partial charge in [-0.3, -0.25) is 9.59 Å². The molecule has 21 heavy (non-hydrogen) atoms. The standard InChI is InChI=1S/C16H20BrNO3/c1-18(11-12-4-6-13(17)7-5-12)14(19)10-16(15(20)21)8-2-3-9-16/h4-7H,2-3,8-11H2,1H3,(H,20,21). The van der Waals surface area contributed by atoms with E-state index in [0.29, 0.717) is 19.4 Å². The summed E-state index contributed by atoms with van der Waals surface area (Å²) in [5.74, 6) is -0.924. The number of halogens is 1. The topological polar surface area (TPSA) is 57.6 Å². The molecule has 0 saturated heterocycles. The molecule has 0 aromatic heterocycles. The van der Waals surface area contributed by atoms with Crippen LogP contribution in [0.15, 0.2) is 28.7 Å². The molecule has 1 aromatic carbocycles. The van der Waals surface area contributed by atoms with Crippen LogP contribution in [0.3, 0.4) is 0 Å². The third-order valence-corrected chi connectivity index (χ3v) is 4.79. The van der Waals surface area contributed by atoms with Crippen LogP contribution in [0.5, 0.6) is 0 Å². The number of nitrogens with zero attached hydrogens (tertiary/aromatic N) is 1. The highest BCUT2D eigenvalue weighted by Crippen LogP contribution is 2.41. The molecule has 1 saturated carbocycles. The summed E-state index contributed by atoms with van der Waals surface area (Å²) >= 11 is 3.38. The van der Waals surface area contributed by atoms with Gasteiger partial charge in [0.2, 0.25) is 5.91 Å². The molecule has 0 unspecified atom stereocenters. The minimum atomic E-state index is -0.842. The first-order valence-corrected chi connectivity index (χ1v) is 7.94. The fourth-order valence-electron chi connectivity index (χ4n) is 2.89. The Balaban J connectivity index is 1.99. The van der Waals surface area contributed by atoms with Crippen LogP contribution < -0.4 is 0 Å². The molecular weight excluding hydrogens is 334 g/mol. The lowest BCUT2D eigenvalue weighted by molar-refractivity contribution is -0.153. The van der Waals surface area contributed by atoms with Crippen molar-refractivity contribution in [3.63, 3.8) is 0 Å². The number of carbonyl (C=O) groups excluding carboxylic acids is 1. The Kier molecular flexibility index (Phi) is 5.04. The van der Waals surface area contributed by atoms with Gasteiger partial charge in [0.15, 0.2) is 0 Å². The number of benzene rings is 1. The highest BCUT2D eigenvalue weighted by molar-refractivity contribution is 9.10. The first kappa shape index (κ1) is 16.0. The van der Waals surface area contributed by atoms with Gasteiger partial charge in [-0.25, -0.2) is 0 Å². The van der Waals surface area contributed by atoms with E-state index in [2.05, 4.69) is 15.9 Å². The minimum Gasteiger partial charge on any atom is -0.481 e. The molecule has 1 amide bonds. The van der Waals surface area contributed by atoms with E-state index in [9.17, 15) is 14.7 Å². The summed E-state index contributed by atoms with van der Waals surface area (Å²) in [5.41, 5.74) is 0.190. The Morgan fingerprint density at radius 3 is 2.33 bits per heavy atom. The lowest BCUT2D eigenvalue weighted by Crippen LogP contribution is -2.36. The molecule has 1 aliphatic rings. The third kappa shape index (κ3) is 3.84. The number of aliphatic carboxylic acids is 1. The van der Waals surface area contributed by atoms with E-state index in [1.807, 2.05) is 24.3 Å². The van der Waals surface area contributed by atoms with Gasteiger partial charge in [-0.2, -0.15) is 0 Å². The van der Waals surface area contributed by atoms with E-state index >= 15 is 0 Å². The Labute approximate surface area is 133 Å². The number of carbonyl (C=O) groups is 2. The second kappa shape index (κ2) is 6.60. The largest absolute Gasteiger partial charge is 0.481 e. The van der Waals surface area contributed by atoms with E-state index in [4.69, 9.17) is 0 Å². The fourth-order valence-corrected chi connectivity index (χ4v) is 3.16. The lowest BCUT2D eigenvalue weighted by atomic mass is 9.82. The summed E-state index contributed by atoms with van der Waals surface area (Å²) in [7, 11) is 1.73. The quantitative estimate of drug-likeness (QED) is 0.881. The van der Waals surface area contributed by atoms with Crippen molar-refractivity contribution >= 4 is 27.8 Å². The average Bonchev–Trinajstić information content (AvgIpc) is 2.91. The Bertz CT molecular complexity index is 521. The predicted octanol–water partition coefficient (Wildman–Crippen LogP) is 3.44. The van der Waals surface area contributed by atoms with Crippen molar-refractivity contribution in [1.29, 1.82) is 0 Å². The maximum absolute atomic E-state index is 12.3. The van der Waals surface area contributed by atoms with Crippen LogP contribution in [0.1, 0.15) is 37.7 Å². The minimum absolute atomic E-state index is 0.0952. The van der Waals surface area contributed by atoms with E-state index in [1.54, 1.807) is 11.9 Å². The summed E-state index contributed by atoms with van der Waals surface area (Å²) in [6.07, 6.45) is 3.13. The van der Waals surface area contributed by atoms with Crippen molar-refractivity contribution in [2.24, 2.45) is 5.41 Å². The SMILES string of the molecule is CN(Cc1ccc(Br)cc1)C(=O)CC1(C(=O)O)CCCC1. The van der Waals surface area contributed by atoms with Gasteiger partial charge in [-0.05, 0) is 30.5 Å². The van der Waals surface area contributed by atoms with Crippen molar-refractivity contribution < 1.29 is 14.7 Å². The summed E-state index contributed by atoms with van der Waals surface area (Å²) in [6, 6.07) is 7.78. The molecule has 1 aliphatic carbocycles. The molecule has 0 spiro atoms. The molecule has 0 atom stereocenters. The molecule has 4 nitrogen and oxygen atoms in total. The van der Waals surface area contributed by atoms with Crippen LogP contribution in [-0.2, 0) is 16.1 Å². The van der Waals surface area contributed by atoms with Gasteiger partial charge in [-0.15, -0.1) is 0 Å². The predicted molar refractivity (Wildman–Crippen MR) is 83.8 cm³/mol. The molecular formula is C16H20BrNO3. The van der Waals surface area contributed by atoms with Crippen LogP contribution >= 0.6 is 15.9 Å². The zero-order valence-corrected chi connectivity index (χ0v) is 13.7. The van der Waals surface area contributed by atoms with Crippen LogP contribution in [-0.4, -0.2) is 28.9 Å². The molecule has 0 radical (unpaired) electrons. The van der Waals surface area contributed by atoms with Gasteiger partial charge in [0, 0.05) is 24.5 Å². The summed E-state index contributed by atoms with van der Waals surface area (Å²) in [6.45, 7) is 0.502. The zero-order valence-electron chi connectivity index (χ0n) is 12.1. The molecule has 114 valence electrons. The summed E-state index contributed by atoms with van der Waals surface area (Å²) < 4.78 is 0.996. The van der Waals surface area contributed by atoms with E-state index in [1.165, 1.54) is 0 Å². The number of hydrogen-bond donors (Lipinski definition) is 1. The molecule has 2 rings (SSSR count). The van der Waals surface area contributed by atoms with Crippen molar-refractivity contribution in [3.8, 4) is 0 Å². The molecule has 0 bridgehead atoms. The smallest absolute Gasteiger partial charge is 0.310 e. The molecule has 1 fully saturated rings. The average molecular weight is 354 g/mol. The Morgan fingerprint density at radius 2 is 1.81 bits per heavy atom. The van der Waals surface area contributed by atoms with Crippen LogP contribution in [0, 0.1) is 5.41 Å². The van der Waals surface area contributed by atoms with Crippen molar-refractivity contribution in [1.82, 2.24) is 4.90 Å². The molecule has 1 N–H and O–H groups in total. The highest BCUT2D eigenvalue weighted by Gasteiger charge is 2.43. The molecule has 0 heterocycles. The van der Waals surface area contributed by atoms with E-state index in [-0.39, 0.29) is 12.3 Å². The Morgan fingerprint density at radius 1 is 1.24 bits per heavy atom. The fraction of sp³-hybridized carbons (Fsp3) is 0.500. The number of rotatable bonds is 5. The van der Waals surface area contributed by atoms with Gasteiger partial charge in [0.25, 0.3) is 0 Å². The number of amides is 1. The normalized spacial score (nSPS) is 16.7. The van der Waals surface area contributed by atoms with Crippen LogP contribution in [0.2, 0.25) is 0 Å². The highest BCUT2D eigenvalue weighted by atomic mass is 79.9. The van der Waals surface area contributed by atoms with Gasteiger partial charge < -0.3 is 10.0 Å². The zero-order chi connectivity index (χ0) is 15.5. The first-order valence-electron chi connectivity index (χ1n) is 7.15. The van der Waals surface area contributed by atoms with E-state index < -0.39 is 11.4 Å². The molecule has 0 aliphatic heterocycles. The van der Waals surface area contributed by atoms with Gasteiger partial charge >= 0.3 is 5.97 Å². The van der Waals surface area contributed by atoms with Gasteiger partial charge in [0.1, 0.15) is 0 Å². The maximum atomic E-state index is 12.3. The van der Waals surface area contributed by atoms with Gasteiger partial charge in [-0.1, -0.05) is 40.9 Å². The molecule has 5 heteroatoms. The lowest BCUT2D eigenvalue weighted by Gasteiger charge is -2.26. The Hall–Kier alpha value is -1.36. The number of carboxylic acids is 1. The third-order valence-electron chi connectivity index (χ3n) is 4.26. The maximum Gasteiger partial charge on any atom is 0.310 e. The van der Waals surface area contributed by atoms with Crippen LogP contribution in [0.4, 0.5) is 0 Å². The summed E-state index contributed by atoms with van der Waals surface area (Å²) in [5, 5.41) is 9.44. The second-order valence-corrected chi connectivity index (χ2v) is 6.76. The first-order chi connectivity index (χ1) is 9.93. The monoisotopic (exact) mass is 353 g/mol. The number of hydrogen-bond acceptors (Lipinski definition) is 2. The molecule has 1 aromatic rings. The van der Waals surface area contributed by atoms with Crippen molar-refractivity contribution in [2.75, 3.05) is 7.05 Å². The van der Waals surface area contributed by atoms with Crippen molar-refractivity contribution in [2.45, 2.75) is 38.6 Å². The van der Waals surface area contributed by atoms with E-state index in [0.717, 1.165) is 22.9 Å². The number of carboxylic acid groups (broad SMARTS) is 1. The van der Waals surface area contributed by atoms with Gasteiger partial charge in [0.05, 0.1) is 5.41 Å². The van der Waals surface area contributed by atoms with Crippen molar-refractivity contribution in [3.05, 3.63) is 34.3 Å².